The molecule has 2 aromatic heterocycles. The van der Waals surface area contributed by atoms with Crippen LogP contribution in [-0.2, 0) is 0 Å². The maximum atomic E-state index is 5.93. The van der Waals surface area contributed by atoms with Gasteiger partial charge in [0.05, 0.1) is 12.6 Å². The quantitative estimate of drug-likeness (QED) is 0.567. The zero-order valence-electron chi connectivity index (χ0n) is 14.1. The number of aryl methyl sites for hydroxylation is 1. The number of fused-ring (bicyclic) bond motifs is 2. The highest BCUT2D eigenvalue weighted by molar-refractivity contribution is 5.84. The van der Waals surface area contributed by atoms with Gasteiger partial charge in [0, 0.05) is 17.7 Å². The minimum Gasteiger partial charge on any atom is -0.497 e. The molecule has 0 aliphatic rings. The number of methoxy groups -OCH3 is 1. The summed E-state index contributed by atoms with van der Waals surface area (Å²) in [6.45, 7) is 6.16. The van der Waals surface area contributed by atoms with E-state index >= 15 is 0 Å². The molecule has 0 unspecified atom stereocenters. The SMILES string of the molecule is COc1cc(C)c2nc(-c3ccc4c(c3)nnn4C(C)C)oc2c1. The van der Waals surface area contributed by atoms with Crippen molar-refractivity contribution in [3.8, 4) is 17.2 Å². The smallest absolute Gasteiger partial charge is 0.227 e. The molecule has 6 heteroatoms. The van der Waals surface area contributed by atoms with Crippen molar-refractivity contribution in [1.29, 1.82) is 0 Å². The zero-order chi connectivity index (χ0) is 16.8. The molecule has 0 N–H and O–H groups in total. The van der Waals surface area contributed by atoms with Crippen LogP contribution in [0.25, 0.3) is 33.6 Å². The molecule has 0 aliphatic heterocycles. The molecule has 122 valence electrons. The lowest BCUT2D eigenvalue weighted by Gasteiger charge is -2.04. The van der Waals surface area contributed by atoms with E-state index in [1.807, 2.05) is 41.9 Å². The predicted molar refractivity (Wildman–Crippen MR) is 92.2 cm³/mol. The first kappa shape index (κ1) is 14.7. The van der Waals surface area contributed by atoms with Crippen LogP contribution in [0, 0.1) is 6.92 Å². The van der Waals surface area contributed by atoms with Gasteiger partial charge in [0.1, 0.15) is 16.8 Å². The van der Waals surface area contributed by atoms with Crippen molar-refractivity contribution in [1.82, 2.24) is 20.0 Å². The Bertz CT molecular complexity index is 1050. The summed E-state index contributed by atoms with van der Waals surface area (Å²) in [5, 5.41) is 8.46. The maximum Gasteiger partial charge on any atom is 0.227 e. The van der Waals surface area contributed by atoms with Gasteiger partial charge >= 0.3 is 0 Å². The summed E-state index contributed by atoms with van der Waals surface area (Å²) in [5.74, 6) is 1.33. The second kappa shape index (κ2) is 5.33. The van der Waals surface area contributed by atoms with Crippen LogP contribution in [0.3, 0.4) is 0 Å². The Morgan fingerprint density at radius 1 is 1.17 bits per heavy atom. The second-order valence-corrected chi connectivity index (χ2v) is 6.14. The van der Waals surface area contributed by atoms with Gasteiger partial charge in [0.15, 0.2) is 5.58 Å². The van der Waals surface area contributed by atoms with Crippen LogP contribution in [0.5, 0.6) is 5.75 Å². The number of hydrogen-bond acceptors (Lipinski definition) is 5. The fourth-order valence-electron chi connectivity index (χ4n) is 2.86. The Labute approximate surface area is 139 Å². The fourth-order valence-corrected chi connectivity index (χ4v) is 2.86. The Morgan fingerprint density at radius 3 is 2.75 bits per heavy atom. The van der Waals surface area contributed by atoms with Crippen LogP contribution >= 0.6 is 0 Å². The van der Waals surface area contributed by atoms with E-state index in [0.717, 1.165) is 33.4 Å². The Kier molecular flexibility index (Phi) is 3.26. The van der Waals surface area contributed by atoms with Gasteiger partial charge in [0.2, 0.25) is 5.89 Å². The molecule has 2 heterocycles. The van der Waals surface area contributed by atoms with Gasteiger partial charge < -0.3 is 9.15 Å². The first-order valence-electron chi connectivity index (χ1n) is 7.87. The molecule has 2 aromatic carbocycles. The van der Waals surface area contributed by atoms with Gasteiger partial charge in [-0.3, -0.25) is 0 Å². The zero-order valence-corrected chi connectivity index (χ0v) is 14.1. The molecule has 0 atom stereocenters. The molecule has 0 aliphatic carbocycles. The second-order valence-electron chi connectivity index (χ2n) is 6.14. The average molecular weight is 322 g/mol. The first-order chi connectivity index (χ1) is 11.6. The molecule has 0 amide bonds. The predicted octanol–water partition coefficient (Wildman–Crippen LogP) is 4.14. The number of rotatable bonds is 3. The normalized spacial score (nSPS) is 11.7. The van der Waals surface area contributed by atoms with Crippen LogP contribution in [0.4, 0.5) is 0 Å². The van der Waals surface area contributed by atoms with Gasteiger partial charge in [-0.1, -0.05) is 5.21 Å². The van der Waals surface area contributed by atoms with Gasteiger partial charge in [-0.05, 0) is 50.6 Å². The van der Waals surface area contributed by atoms with Gasteiger partial charge in [-0.2, -0.15) is 0 Å². The summed E-state index contributed by atoms with van der Waals surface area (Å²) in [5.41, 5.74) is 5.30. The molecular weight excluding hydrogens is 304 g/mol. The summed E-state index contributed by atoms with van der Waals surface area (Å²) in [7, 11) is 1.64. The molecule has 6 nitrogen and oxygen atoms in total. The number of ether oxygens (including phenoxy) is 1. The standard InChI is InChI=1S/C18H18N4O2/c1-10(2)22-15-6-5-12(8-14(15)20-21-22)18-19-17-11(3)7-13(23-4)9-16(17)24-18/h5-10H,1-4H3. The molecule has 0 fully saturated rings. The Balaban J connectivity index is 1.85. The number of hydrogen-bond donors (Lipinski definition) is 0. The van der Waals surface area contributed by atoms with Crippen molar-refractivity contribution in [2.24, 2.45) is 0 Å². The van der Waals surface area contributed by atoms with E-state index in [4.69, 9.17) is 9.15 Å². The third-order valence-electron chi connectivity index (χ3n) is 4.10. The number of aromatic nitrogens is 4. The number of nitrogens with zero attached hydrogens (tertiary/aromatic N) is 4. The van der Waals surface area contributed by atoms with Crippen molar-refractivity contribution in [2.75, 3.05) is 7.11 Å². The van der Waals surface area contributed by atoms with Crippen molar-refractivity contribution >= 4 is 22.1 Å². The number of oxazole rings is 1. The molecule has 24 heavy (non-hydrogen) atoms. The molecule has 0 bridgehead atoms. The van der Waals surface area contributed by atoms with E-state index in [-0.39, 0.29) is 6.04 Å². The average Bonchev–Trinajstić information content (AvgIpc) is 3.18. The van der Waals surface area contributed by atoms with E-state index in [1.54, 1.807) is 7.11 Å². The topological polar surface area (TPSA) is 66.0 Å². The summed E-state index contributed by atoms with van der Waals surface area (Å²) in [6.07, 6.45) is 0. The molecule has 4 aromatic rings. The molecule has 0 saturated carbocycles. The number of benzene rings is 2. The maximum absolute atomic E-state index is 5.93. The van der Waals surface area contributed by atoms with Gasteiger partial charge in [-0.25, -0.2) is 9.67 Å². The highest BCUT2D eigenvalue weighted by atomic mass is 16.5. The van der Waals surface area contributed by atoms with E-state index in [0.29, 0.717) is 11.5 Å². The first-order valence-corrected chi connectivity index (χ1v) is 7.87. The summed E-state index contributed by atoms with van der Waals surface area (Å²) in [6, 6.07) is 10.0. The Morgan fingerprint density at radius 2 is 2.00 bits per heavy atom. The van der Waals surface area contributed by atoms with E-state index in [1.165, 1.54) is 0 Å². The lowest BCUT2D eigenvalue weighted by Crippen LogP contribution is -2.02. The van der Waals surface area contributed by atoms with Crippen LogP contribution in [-0.4, -0.2) is 27.1 Å². The van der Waals surface area contributed by atoms with Crippen LogP contribution in [0.2, 0.25) is 0 Å². The lowest BCUT2D eigenvalue weighted by atomic mass is 10.2. The van der Waals surface area contributed by atoms with Gasteiger partial charge in [-0.15, -0.1) is 5.10 Å². The van der Waals surface area contributed by atoms with Crippen LogP contribution in [0.15, 0.2) is 34.7 Å². The highest BCUT2D eigenvalue weighted by Gasteiger charge is 2.14. The van der Waals surface area contributed by atoms with Crippen LogP contribution in [0.1, 0.15) is 25.5 Å². The minimum atomic E-state index is 0.264. The van der Waals surface area contributed by atoms with Crippen LogP contribution < -0.4 is 4.74 Å². The summed E-state index contributed by atoms with van der Waals surface area (Å²) >= 11 is 0. The van der Waals surface area contributed by atoms with Crippen molar-refractivity contribution < 1.29 is 9.15 Å². The molecule has 0 radical (unpaired) electrons. The third-order valence-corrected chi connectivity index (χ3v) is 4.10. The summed E-state index contributed by atoms with van der Waals surface area (Å²) < 4.78 is 13.1. The van der Waals surface area contributed by atoms with Crippen molar-refractivity contribution in [3.63, 3.8) is 0 Å². The Hall–Kier alpha value is -2.89. The summed E-state index contributed by atoms with van der Waals surface area (Å²) in [4.78, 5) is 4.63. The molecule has 4 rings (SSSR count). The molecule has 0 saturated heterocycles. The minimum absolute atomic E-state index is 0.264. The largest absolute Gasteiger partial charge is 0.497 e. The van der Waals surface area contributed by atoms with Crippen molar-refractivity contribution in [2.45, 2.75) is 26.8 Å². The lowest BCUT2D eigenvalue weighted by molar-refractivity contribution is 0.414. The van der Waals surface area contributed by atoms with E-state index < -0.39 is 0 Å². The molecule has 0 spiro atoms. The van der Waals surface area contributed by atoms with E-state index in [9.17, 15) is 0 Å². The van der Waals surface area contributed by atoms with E-state index in [2.05, 4.69) is 29.1 Å². The van der Waals surface area contributed by atoms with Crippen molar-refractivity contribution in [3.05, 3.63) is 35.9 Å². The third kappa shape index (κ3) is 2.22. The monoisotopic (exact) mass is 322 g/mol. The fraction of sp³-hybridized carbons (Fsp3) is 0.278. The van der Waals surface area contributed by atoms with Gasteiger partial charge in [0.25, 0.3) is 0 Å². The molecular formula is C18H18N4O2. The highest BCUT2D eigenvalue weighted by Crippen LogP contribution is 2.30.